The smallest absolute Gasteiger partial charge is 0.341 e. The maximum Gasteiger partial charge on any atom is 0.341 e. The van der Waals surface area contributed by atoms with Crippen LogP contribution in [-0.2, 0) is 6.54 Å². The summed E-state index contributed by atoms with van der Waals surface area (Å²) in [5.74, 6) is -0.661. The van der Waals surface area contributed by atoms with Gasteiger partial charge in [0.25, 0.3) is 5.56 Å². The second-order valence-corrected chi connectivity index (χ2v) is 4.80. The highest BCUT2D eigenvalue weighted by molar-refractivity contribution is 5.89. The van der Waals surface area contributed by atoms with Crippen LogP contribution in [0.1, 0.15) is 41.8 Å². The number of carbonyl (C=O) groups is 1. The van der Waals surface area contributed by atoms with Crippen molar-refractivity contribution >= 4 is 5.97 Å². The lowest BCUT2D eigenvalue weighted by molar-refractivity contribution is 0.0693. The Balaban J connectivity index is 3.25. The van der Waals surface area contributed by atoms with E-state index in [9.17, 15) is 9.59 Å². The molecule has 17 heavy (non-hydrogen) atoms. The van der Waals surface area contributed by atoms with E-state index in [1.807, 2.05) is 6.92 Å². The summed E-state index contributed by atoms with van der Waals surface area (Å²) in [5.41, 5.74) is 0.893. The molecule has 4 heteroatoms. The Bertz CT molecular complexity index is 486. The zero-order valence-corrected chi connectivity index (χ0v) is 10.8. The number of aryl methyl sites for hydroxylation is 2. The SMILES string of the molecule is Cc1cn(CCC(C)C)c(=O)c(C(=O)O)c1C. The molecule has 1 heterocycles. The highest BCUT2D eigenvalue weighted by Crippen LogP contribution is 2.10. The first-order valence-corrected chi connectivity index (χ1v) is 5.78. The number of nitrogens with zero attached hydrogens (tertiary/aromatic N) is 1. The molecule has 0 aromatic carbocycles. The molecule has 0 spiro atoms. The summed E-state index contributed by atoms with van der Waals surface area (Å²) in [6.07, 6.45) is 2.61. The number of aromatic carboxylic acids is 1. The van der Waals surface area contributed by atoms with Gasteiger partial charge < -0.3 is 9.67 Å². The molecule has 0 aliphatic rings. The number of aromatic nitrogens is 1. The summed E-state index contributed by atoms with van der Waals surface area (Å²) in [5, 5.41) is 9.06. The Morgan fingerprint density at radius 1 is 1.41 bits per heavy atom. The molecule has 0 saturated carbocycles. The Kier molecular flexibility index (Phi) is 4.10. The standard InChI is InChI=1S/C13H19NO3/c1-8(2)5-6-14-7-9(3)10(4)11(12(14)15)13(16)17/h7-8H,5-6H2,1-4H3,(H,16,17). The quantitative estimate of drug-likeness (QED) is 0.873. The molecule has 0 bridgehead atoms. The number of hydrogen-bond donors (Lipinski definition) is 1. The van der Waals surface area contributed by atoms with E-state index in [2.05, 4.69) is 13.8 Å². The molecule has 1 rings (SSSR count). The normalized spacial score (nSPS) is 10.9. The third kappa shape index (κ3) is 2.96. The topological polar surface area (TPSA) is 59.3 Å². The van der Waals surface area contributed by atoms with Crippen LogP contribution in [0.4, 0.5) is 0 Å². The van der Waals surface area contributed by atoms with Crippen LogP contribution in [0.15, 0.2) is 11.0 Å². The Hall–Kier alpha value is -1.58. The third-order valence-electron chi connectivity index (χ3n) is 2.95. The second-order valence-electron chi connectivity index (χ2n) is 4.80. The van der Waals surface area contributed by atoms with Crippen molar-refractivity contribution in [1.82, 2.24) is 4.57 Å². The number of carboxylic acids is 1. The van der Waals surface area contributed by atoms with Gasteiger partial charge in [0, 0.05) is 12.7 Å². The number of carboxylic acid groups (broad SMARTS) is 1. The lowest BCUT2D eigenvalue weighted by Gasteiger charge is -2.12. The van der Waals surface area contributed by atoms with E-state index in [4.69, 9.17) is 5.11 Å². The molecule has 4 nitrogen and oxygen atoms in total. The van der Waals surface area contributed by atoms with Crippen LogP contribution in [0.5, 0.6) is 0 Å². The highest BCUT2D eigenvalue weighted by Gasteiger charge is 2.16. The average molecular weight is 237 g/mol. The molecule has 0 saturated heterocycles. The first kappa shape index (κ1) is 13.5. The van der Waals surface area contributed by atoms with E-state index < -0.39 is 11.5 Å². The predicted octanol–water partition coefficient (Wildman–Crippen LogP) is 2.21. The van der Waals surface area contributed by atoms with Crippen molar-refractivity contribution in [1.29, 1.82) is 0 Å². The van der Waals surface area contributed by atoms with E-state index in [-0.39, 0.29) is 5.56 Å². The monoisotopic (exact) mass is 237 g/mol. The molecule has 0 aliphatic heterocycles. The summed E-state index contributed by atoms with van der Waals surface area (Å²) in [7, 11) is 0. The van der Waals surface area contributed by atoms with Crippen LogP contribution in [-0.4, -0.2) is 15.6 Å². The molecule has 94 valence electrons. The molecule has 0 unspecified atom stereocenters. The zero-order valence-electron chi connectivity index (χ0n) is 10.8. The van der Waals surface area contributed by atoms with Crippen molar-refractivity contribution in [3.05, 3.63) is 33.2 Å². The van der Waals surface area contributed by atoms with E-state index in [1.54, 1.807) is 13.1 Å². The molecule has 1 N–H and O–H groups in total. The second kappa shape index (κ2) is 5.17. The van der Waals surface area contributed by atoms with Crippen LogP contribution in [0.25, 0.3) is 0 Å². The van der Waals surface area contributed by atoms with E-state index in [1.165, 1.54) is 4.57 Å². The minimum Gasteiger partial charge on any atom is -0.477 e. The van der Waals surface area contributed by atoms with E-state index >= 15 is 0 Å². The summed E-state index contributed by atoms with van der Waals surface area (Å²) >= 11 is 0. The van der Waals surface area contributed by atoms with Gasteiger partial charge in [-0.2, -0.15) is 0 Å². The Morgan fingerprint density at radius 3 is 2.47 bits per heavy atom. The third-order valence-corrected chi connectivity index (χ3v) is 2.95. The minimum atomic E-state index is -1.14. The van der Waals surface area contributed by atoms with Crippen molar-refractivity contribution in [2.24, 2.45) is 5.92 Å². The van der Waals surface area contributed by atoms with Crippen molar-refractivity contribution < 1.29 is 9.90 Å². The summed E-state index contributed by atoms with van der Waals surface area (Å²) in [4.78, 5) is 23.0. The van der Waals surface area contributed by atoms with Crippen LogP contribution in [0, 0.1) is 19.8 Å². The van der Waals surface area contributed by atoms with Gasteiger partial charge in [-0.05, 0) is 37.3 Å². The molecule has 0 atom stereocenters. The van der Waals surface area contributed by atoms with Gasteiger partial charge in [0.1, 0.15) is 5.56 Å². The molecule has 1 aromatic heterocycles. The van der Waals surface area contributed by atoms with Crippen molar-refractivity contribution in [3.63, 3.8) is 0 Å². The molecule has 1 aromatic rings. The lowest BCUT2D eigenvalue weighted by atomic mass is 10.1. The van der Waals surface area contributed by atoms with Crippen LogP contribution in [0.2, 0.25) is 0 Å². The first-order chi connectivity index (χ1) is 7.84. The summed E-state index contributed by atoms with van der Waals surface area (Å²) in [6.45, 7) is 8.21. The van der Waals surface area contributed by atoms with Crippen LogP contribution >= 0.6 is 0 Å². The molecule has 0 amide bonds. The molecule has 0 radical (unpaired) electrons. The lowest BCUT2D eigenvalue weighted by Crippen LogP contribution is -2.28. The predicted molar refractivity (Wildman–Crippen MR) is 66.6 cm³/mol. The van der Waals surface area contributed by atoms with Gasteiger partial charge in [0.2, 0.25) is 0 Å². The largest absolute Gasteiger partial charge is 0.477 e. The van der Waals surface area contributed by atoms with Gasteiger partial charge >= 0.3 is 5.97 Å². The molecule has 0 aliphatic carbocycles. The van der Waals surface area contributed by atoms with Crippen molar-refractivity contribution in [3.8, 4) is 0 Å². The number of rotatable bonds is 4. The van der Waals surface area contributed by atoms with Gasteiger partial charge in [-0.15, -0.1) is 0 Å². The van der Waals surface area contributed by atoms with Gasteiger partial charge in [-0.3, -0.25) is 4.79 Å². The molecule has 0 fully saturated rings. The average Bonchev–Trinajstić information content (AvgIpc) is 2.21. The highest BCUT2D eigenvalue weighted by atomic mass is 16.4. The van der Waals surface area contributed by atoms with Crippen molar-refractivity contribution in [2.75, 3.05) is 0 Å². The van der Waals surface area contributed by atoms with E-state index in [0.29, 0.717) is 18.0 Å². The van der Waals surface area contributed by atoms with Crippen LogP contribution in [0.3, 0.4) is 0 Å². The fourth-order valence-corrected chi connectivity index (χ4v) is 1.71. The van der Waals surface area contributed by atoms with Gasteiger partial charge in [-0.25, -0.2) is 4.79 Å². The van der Waals surface area contributed by atoms with Gasteiger partial charge in [-0.1, -0.05) is 13.8 Å². The zero-order chi connectivity index (χ0) is 13.2. The Labute approximate surface area is 101 Å². The first-order valence-electron chi connectivity index (χ1n) is 5.78. The summed E-state index contributed by atoms with van der Waals surface area (Å²) < 4.78 is 1.51. The fourth-order valence-electron chi connectivity index (χ4n) is 1.71. The minimum absolute atomic E-state index is 0.103. The van der Waals surface area contributed by atoms with Crippen molar-refractivity contribution in [2.45, 2.75) is 40.7 Å². The number of hydrogen-bond acceptors (Lipinski definition) is 2. The maximum absolute atomic E-state index is 12.0. The maximum atomic E-state index is 12.0. The van der Waals surface area contributed by atoms with Gasteiger partial charge in [0.15, 0.2) is 0 Å². The number of pyridine rings is 1. The van der Waals surface area contributed by atoms with Crippen LogP contribution < -0.4 is 5.56 Å². The molecular formula is C13H19NO3. The molecular weight excluding hydrogens is 218 g/mol. The Morgan fingerprint density at radius 2 is 2.00 bits per heavy atom. The fraction of sp³-hybridized carbons (Fsp3) is 0.538. The van der Waals surface area contributed by atoms with E-state index in [0.717, 1.165) is 12.0 Å². The van der Waals surface area contributed by atoms with Gasteiger partial charge in [0.05, 0.1) is 0 Å². The summed E-state index contributed by atoms with van der Waals surface area (Å²) in [6, 6.07) is 0.